The summed E-state index contributed by atoms with van der Waals surface area (Å²) in [5.74, 6) is 2.37. The van der Waals surface area contributed by atoms with E-state index in [1.165, 1.54) is 5.56 Å². The summed E-state index contributed by atoms with van der Waals surface area (Å²) in [6.45, 7) is 9.05. The molecule has 1 aliphatic rings. The van der Waals surface area contributed by atoms with Crippen molar-refractivity contribution >= 4 is 35.8 Å². The zero-order valence-electron chi connectivity index (χ0n) is 16.8. The average Bonchev–Trinajstić information content (AvgIpc) is 3.12. The van der Waals surface area contributed by atoms with Crippen LogP contribution < -0.4 is 15.4 Å². The number of carbonyl (C=O) groups is 1. The number of nitrogens with one attached hydrogen (secondary N) is 2. The highest BCUT2D eigenvalue weighted by atomic mass is 127. The second kappa shape index (κ2) is 12.0. The molecular formula is C20H33IN4O2. The van der Waals surface area contributed by atoms with Gasteiger partial charge in [0, 0.05) is 32.6 Å². The molecule has 2 N–H and O–H groups in total. The largest absolute Gasteiger partial charge is 0.492 e. The van der Waals surface area contributed by atoms with Crippen molar-refractivity contribution in [1.82, 2.24) is 15.5 Å². The van der Waals surface area contributed by atoms with Gasteiger partial charge in [-0.2, -0.15) is 0 Å². The Hall–Kier alpha value is -1.51. The first-order valence-corrected chi connectivity index (χ1v) is 9.51. The summed E-state index contributed by atoms with van der Waals surface area (Å²) in [7, 11) is 1.75. The molecule has 1 unspecified atom stereocenters. The summed E-state index contributed by atoms with van der Waals surface area (Å²) in [6, 6.07) is 8.50. The number of guanidine groups is 1. The van der Waals surface area contributed by atoms with E-state index in [0.29, 0.717) is 25.5 Å². The Morgan fingerprint density at radius 2 is 2.04 bits per heavy atom. The molecule has 0 spiro atoms. The minimum Gasteiger partial charge on any atom is -0.492 e. The van der Waals surface area contributed by atoms with E-state index in [1.54, 1.807) is 7.05 Å². The van der Waals surface area contributed by atoms with Gasteiger partial charge in [0.2, 0.25) is 5.91 Å². The maximum absolute atomic E-state index is 11.8. The van der Waals surface area contributed by atoms with Gasteiger partial charge in [0.05, 0.1) is 6.54 Å². The van der Waals surface area contributed by atoms with Crippen LogP contribution in [0.15, 0.2) is 29.3 Å². The SMILES string of the molecule is CCC(=O)N1CCC(NC(=NC)NCCOc2ccc(C(C)C)cc2)C1.I. The van der Waals surface area contributed by atoms with Crippen molar-refractivity contribution in [1.29, 1.82) is 0 Å². The minimum atomic E-state index is 0. The smallest absolute Gasteiger partial charge is 0.222 e. The third kappa shape index (κ3) is 7.56. The Balaban J connectivity index is 0.00000364. The van der Waals surface area contributed by atoms with E-state index in [9.17, 15) is 4.79 Å². The number of ether oxygens (including phenoxy) is 1. The predicted molar refractivity (Wildman–Crippen MR) is 121 cm³/mol. The van der Waals surface area contributed by atoms with Gasteiger partial charge in [-0.3, -0.25) is 9.79 Å². The molecule has 1 saturated heterocycles. The fraction of sp³-hybridized carbons (Fsp3) is 0.600. The fourth-order valence-electron chi connectivity index (χ4n) is 3.00. The lowest BCUT2D eigenvalue weighted by atomic mass is 10.0. The third-order valence-corrected chi connectivity index (χ3v) is 4.62. The van der Waals surface area contributed by atoms with Crippen molar-refractivity contribution < 1.29 is 9.53 Å². The summed E-state index contributed by atoms with van der Waals surface area (Å²) in [5.41, 5.74) is 1.31. The molecule has 1 heterocycles. The van der Waals surface area contributed by atoms with Gasteiger partial charge in [-0.1, -0.05) is 32.9 Å². The van der Waals surface area contributed by atoms with Gasteiger partial charge in [0.25, 0.3) is 0 Å². The molecule has 1 aliphatic heterocycles. The van der Waals surface area contributed by atoms with Crippen molar-refractivity contribution in [2.75, 3.05) is 33.3 Å². The van der Waals surface area contributed by atoms with Crippen LogP contribution in [0.1, 0.15) is 45.1 Å². The number of amides is 1. The molecule has 0 radical (unpaired) electrons. The molecule has 1 aromatic rings. The van der Waals surface area contributed by atoms with E-state index in [-0.39, 0.29) is 35.9 Å². The topological polar surface area (TPSA) is 66.0 Å². The second-order valence-electron chi connectivity index (χ2n) is 6.89. The zero-order valence-corrected chi connectivity index (χ0v) is 19.2. The lowest BCUT2D eigenvalue weighted by Crippen LogP contribution is -2.46. The van der Waals surface area contributed by atoms with E-state index in [2.05, 4.69) is 41.6 Å². The quantitative estimate of drug-likeness (QED) is 0.268. The molecule has 0 aliphatic carbocycles. The van der Waals surface area contributed by atoms with Crippen LogP contribution in [0.3, 0.4) is 0 Å². The van der Waals surface area contributed by atoms with Gasteiger partial charge in [-0.05, 0) is 30.0 Å². The van der Waals surface area contributed by atoms with Crippen molar-refractivity contribution in [3.05, 3.63) is 29.8 Å². The number of benzene rings is 1. The molecule has 152 valence electrons. The molecular weight excluding hydrogens is 455 g/mol. The standard InChI is InChI=1S/C20H32N4O2.HI/c1-5-19(25)24-12-10-17(14-24)23-20(21-4)22-11-13-26-18-8-6-16(7-9-18)15(2)3;/h6-9,15,17H,5,10-14H2,1-4H3,(H2,21,22,23);1H. The summed E-state index contributed by atoms with van der Waals surface area (Å²) in [4.78, 5) is 17.9. The molecule has 0 aromatic heterocycles. The van der Waals surface area contributed by atoms with Crippen LogP contribution >= 0.6 is 24.0 Å². The number of rotatable bonds is 7. The fourth-order valence-corrected chi connectivity index (χ4v) is 3.00. The number of hydrogen-bond acceptors (Lipinski definition) is 3. The summed E-state index contributed by atoms with van der Waals surface area (Å²) in [5, 5.41) is 6.65. The van der Waals surface area contributed by atoms with Crippen LogP contribution in [0, 0.1) is 0 Å². The molecule has 0 bridgehead atoms. The second-order valence-corrected chi connectivity index (χ2v) is 6.89. The number of carbonyl (C=O) groups excluding carboxylic acids is 1. The summed E-state index contributed by atoms with van der Waals surface area (Å²) < 4.78 is 5.77. The summed E-state index contributed by atoms with van der Waals surface area (Å²) in [6.07, 6.45) is 1.51. The molecule has 6 nitrogen and oxygen atoms in total. The zero-order chi connectivity index (χ0) is 18.9. The van der Waals surface area contributed by atoms with Gasteiger partial charge in [-0.15, -0.1) is 24.0 Å². The monoisotopic (exact) mass is 488 g/mol. The molecule has 1 fully saturated rings. The molecule has 27 heavy (non-hydrogen) atoms. The van der Waals surface area contributed by atoms with Crippen molar-refractivity contribution in [3.8, 4) is 5.75 Å². The molecule has 1 atom stereocenters. The van der Waals surface area contributed by atoms with Crippen molar-refractivity contribution in [2.24, 2.45) is 4.99 Å². The molecule has 0 saturated carbocycles. The molecule has 7 heteroatoms. The number of hydrogen-bond donors (Lipinski definition) is 2. The Morgan fingerprint density at radius 1 is 1.33 bits per heavy atom. The molecule has 2 rings (SSSR count). The average molecular weight is 488 g/mol. The van der Waals surface area contributed by atoms with E-state index >= 15 is 0 Å². The Bertz CT molecular complexity index is 605. The molecule has 1 amide bonds. The van der Waals surface area contributed by atoms with Crippen LogP contribution in [0.25, 0.3) is 0 Å². The van der Waals surface area contributed by atoms with Gasteiger partial charge < -0.3 is 20.3 Å². The number of nitrogens with zero attached hydrogens (tertiary/aromatic N) is 2. The van der Waals surface area contributed by atoms with Gasteiger partial charge in [-0.25, -0.2) is 0 Å². The van der Waals surface area contributed by atoms with E-state index in [1.807, 2.05) is 24.0 Å². The highest BCUT2D eigenvalue weighted by molar-refractivity contribution is 14.0. The van der Waals surface area contributed by atoms with Crippen molar-refractivity contribution in [2.45, 2.75) is 45.6 Å². The van der Waals surface area contributed by atoms with Crippen LogP contribution in [0.5, 0.6) is 5.75 Å². The highest BCUT2D eigenvalue weighted by Crippen LogP contribution is 2.18. The van der Waals surface area contributed by atoms with Gasteiger partial charge in [0.1, 0.15) is 12.4 Å². The van der Waals surface area contributed by atoms with Crippen molar-refractivity contribution in [3.63, 3.8) is 0 Å². The lowest BCUT2D eigenvalue weighted by Gasteiger charge is -2.18. The number of halogens is 1. The summed E-state index contributed by atoms with van der Waals surface area (Å²) >= 11 is 0. The van der Waals surface area contributed by atoms with Crippen LogP contribution in [0.2, 0.25) is 0 Å². The van der Waals surface area contributed by atoms with Crippen LogP contribution in [-0.4, -0.2) is 56.1 Å². The van der Waals surface area contributed by atoms with E-state index in [0.717, 1.165) is 31.2 Å². The highest BCUT2D eigenvalue weighted by Gasteiger charge is 2.25. The minimum absolute atomic E-state index is 0. The number of likely N-dealkylation sites (tertiary alicyclic amines) is 1. The van der Waals surface area contributed by atoms with E-state index < -0.39 is 0 Å². The molecule has 1 aromatic carbocycles. The Labute approximate surface area is 180 Å². The first kappa shape index (κ1) is 23.5. The predicted octanol–water partition coefficient (Wildman–Crippen LogP) is 2.98. The third-order valence-electron chi connectivity index (χ3n) is 4.62. The first-order chi connectivity index (χ1) is 12.5. The van der Waals surface area contributed by atoms with E-state index in [4.69, 9.17) is 4.74 Å². The maximum atomic E-state index is 11.8. The Kier molecular flexibility index (Phi) is 10.5. The van der Waals surface area contributed by atoms with Crippen LogP contribution in [-0.2, 0) is 4.79 Å². The first-order valence-electron chi connectivity index (χ1n) is 9.51. The lowest BCUT2D eigenvalue weighted by molar-refractivity contribution is -0.129. The van der Waals surface area contributed by atoms with Gasteiger partial charge in [0.15, 0.2) is 5.96 Å². The van der Waals surface area contributed by atoms with Gasteiger partial charge >= 0.3 is 0 Å². The number of aliphatic imine (C=N–C) groups is 1. The normalized spacial score (nSPS) is 16.9. The van der Waals surface area contributed by atoms with Crippen LogP contribution in [0.4, 0.5) is 0 Å². The maximum Gasteiger partial charge on any atom is 0.222 e. The Morgan fingerprint density at radius 3 is 2.63 bits per heavy atom.